The molecule has 1 aliphatic heterocycles. The summed E-state index contributed by atoms with van der Waals surface area (Å²) in [7, 11) is -4.17. The number of hydrogen-bond acceptors (Lipinski definition) is 10. The number of β-lactam (4-membered cyclic amide) rings is 1. The first kappa shape index (κ1) is 31.0. The third kappa shape index (κ3) is 7.72. The zero-order valence-corrected chi connectivity index (χ0v) is 19.0. The average Bonchev–Trinajstić information content (AvgIpc) is 3.18. The zero-order chi connectivity index (χ0) is 25.8. The van der Waals surface area contributed by atoms with E-state index in [-0.39, 0.29) is 50.6 Å². The number of carbonyl (C=O) groups excluding carboxylic acids is 4. The summed E-state index contributed by atoms with van der Waals surface area (Å²) in [4.78, 5) is 55.6. The summed E-state index contributed by atoms with van der Waals surface area (Å²) in [6.07, 6.45) is -5.31. The van der Waals surface area contributed by atoms with E-state index in [2.05, 4.69) is 20.3 Å². The number of nitrogens with one attached hydrogen (secondary N) is 3. The molecule has 0 bridgehead atoms. The fourth-order valence-electron chi connectivity index (χ4n) is 2.56. The fraction of sp³-hybridized carbons (Fsp3) is 0.429. The van der Waals surface area contributed by atoms with E-state index in [1.54, 1.807) is 0 Å². The van der Waals surface area contributed by atoms with Crippen LogP contribution in [0.3, 0.4) is 0 Å². The number of halogens is 4. The standard InChI is InChI=1S/C14H14ClF3N6O8S2.Na.H/c1-32-23-8(5-4-33-13(20-5)21-7(25)2-15)10(26)22-9-6(3-19-12(28)14(16,17)18)24(11(9)27)34(29,30)31;;/h4,6,9H,2-3H2,1H3,(H,19,28)(H,22,26)(H,20,21,25)(H,29,30,31);;/b23-8-;;. The number of anilines is 1. The van der Waals surface area contributed by atoms with E-state index < -0.39 is 64.4 Å². The van der Waals surface area contributed by atoms with Gasteiger partial charge < -0.3 is 20.8 Å². The average molecular weight is 575 g/mol. The monoisotopic (exact) mass is 574 g/mol. The quantitative estimate of drug-likeness (QED) is 0.0656. The predicted octanol–water partition coefficient (Wildman–Crippen LogP) is -1.80. The molecule has 4 amide bonds. The topological polar surface area (TPSA) is 196 Å². The van der Waals surface area contributed by atoms with Crippen LogP contribution in [0, 0.1) is 0 Å². The van der Waals surface area contributed by atoms with Gasteiger partial charge in [-0.1, -0.05) is 5.16 Å². The predicted molar refractivity (Wildman–Crippen MR) is 115 cm³/mol. The molecular formula is C14H15ClF3N6NaO8S2. The van der Waals surface area contributed by atoms with Crippen molar-refractivity contribution in [2.75, 3.05) is 24.9 Å². The van der Waals surface area contributed by atoms with E-state index in [0.717, 1.165) is 18.4 Å². The van der Waals surface area contributed by atoms with Crippen LogP contribution in [0.2, 0.25) is 0 Å². The van der Waals surface area contributed by atoms with Crippen molar-refractivity contribution in [3.05, 3.63) is 11.1 Å². The minimum absolute atomic E-state index is 0. The first-order chi connectivity index (χ1) is 15.7. The number of aromatic nitrogens is 1. The normalized spacial score (nSPS) is 18.2. The van der Waals surface area contributed by atoms with Crippen LogP contribution in [-0.4, -0.2) is 119 Å². The molecule has 21 heteroatoms. The molecule has 2 heterocycles. The van der Waals surface area contributed by atoms with Crippen molar-refractivity contribution in [2.45, 2.75) is 18.3 Å². The van der Waals surface area contributed by atoms with Crippen LogP contribution in [-0.2, 0) is 34.3 Å². The molecule has 0 spiro atoms. The summed E-state index contributed by atoms with van der Waals surface area (Å²) >= 11 is 6.23. The second kappa shape index (κ2) is 12.3. The Balaban J connectivity index is 0.00000612. The van der Waals surface area contributed by atoms with Gasteiger partial charge >= 0.3 is 51.9 Å². The van der Waals surface area contributed by atoms with Crippen molar-refractivity contribution >= 4 is 97.3 Å². The first-order valence-corrected chi connectivity index (χ1v) is 11.4. The van der Waals surface area contributed by atoms with E-state index in [1.807, 2.05) is 5.32 Å². The van der Waals surface area contributed by atoms with Crippen LogP contribution in [0.15, 0.2) is 10.5 Å². The van der Waals surface area contributed by atoms with Gasteiger partial charge in [-0.3, -0.25) is 23.7 Å². The zero-order valence-electron chi connectivity index (χ0n) is 16.6. The van der Waals surface area contributed by atoms with Crippen molar-refractivity contribution in [3.63, 3.8) is 0 Å². The van der Waals surface area contributed by atoms with Gasteiger partial charge in [0.25, 0.3) is 11.8 Å². The number of rotatable bonds is 9. The third-order valence-electron chi connectivity index (χ3n) is 3.95. The van der Waals surface area contributed by atoms with Crippen LogP contribution in [0.4, 0.5) is 18.3 Å². The van der Waals surface area contributed by atoms with Gasteiger partial charge in [0.2, 0.25) is 5.91 Å². The van der Waals surface area contributed by atoms with Crippen LogP contribution in [0.1, 0.15) is 5.69 Å². The van der Waals surface area contributed by atoms with Gasteiger partial charge in [-0.15, -0.1) is 22.9 Å². The molecule has 4 N–H and O–H groups in total. The number of oxime groups is 1. The molecule has 2 unspecified atom stereocenters. The van der Waals surface area contributed by atoms with Crippen molar-refractivity contribution in [1.29, 1.82) is 0 Å². The number of carbonyl (C=O) groups is 4. The Hall–Kier alpha value is -2.03. The van der Waals surface area contributed by atoms with Crippen molar-refractivity contribution in [2.24, 2.45) is 5.16 Å². The van der Waals surface area contributed by atoms with Crippen molar-refractivity contribution in [1.82, 2.24) is 19.9 Å². The molecule has 1 aliphatic rings. The SMILES string of the molecule is CO/N=C(\C(=O)NC1C(=O)N(S(=O)(=O)O)C1CNC(=O)C(F)(F)F)c1csc(NC(=O)CCl)n1.[NaH]. The van der Waals surface area contributed by atoms with Crippen LogP contribution in [0.5, 0.6) is 0 Å². The van der Waals surface area contributed by atoms with Gasteiger partial charge in [-0.2, -0.15) is 21.6 Å². The molecule has 0 aliphatic carbocycles. The Labute approximate surface area is 225 Å². The third-order valence-corrected chi connectivity index (χ3v) is 5.89. The Bertz CT molecular complexity index is 1130. The molecule has 190 valence electrons. The Morgan fingerprint density at radius 1 is 1.37 bits per heavy atom. The molecule has 1 aromatic rings. The van der Waals surface area contributed by atoms with E-state index in [1.165, 1.54) is 10.7 Å². The maximum atomic E-state index is 12.7. The molecule has 0 radical (unpaired) electrons. The van der Waals surface area contributed by atoms with Gasteiger partial charge in [-0.05, 0) is 0 Å². The molecule has 14 nitrogen and oxygen atoms in total. The van der Waals surface area contributed by atoms with Crippen LogP contribution < -0.4 is 16.0 Å². The van der Waals surface area contributed by atoms with E-state index in [0.29, 0.717) is 0 Å². The summed E-state index contributed by atoms with van der Waals surface area (Å²) in [6.45, 7) is -1.09. The van der Waals surface area contributed by atoms with Crippen LogP contribution in [0.25, 0.3) is 0 Å². The van der Waals surface area contributed by atoms with Crippen LogP contribution >= 0.6 is 22.9 Å². The number of thiazole rings is 1. The van der Waals surface area contributed by atoms with Gasteiger partial charge in [0.15, 0.2) is 10.8 Å². The van der Waals surface area contributed by atoms with Gasteiger partial charge in [0, 0.05) is 11.9 Å². The number of nitrogens with zero attached hydrogens (tertiary/aromatic N) is 3. The van der Waals surface area contributed by atoms with Crippen molar-refractivity contribution in [3.8, 4) is 0 Å². The second-order valence-corrected chi connectivity index (χ2v) is 8.59. The Morgan fingerprint density at radius 2 is 2.00 bits per heavy atom. The molecule has 0 saturated carbocycles. The number of hydrogen-bond donors (Lipinski definition) is 4. The minimum atomic E-state index is -5.31. The van der Waals surface area contributed by atoms with E-state index >= 15 is 0 Å². The van der Waals surface area contributed by atoms with Crippen molar-refractivity contribution < 1.29 is 50.2 Å². The molecule has 0 aromatic carbocycles. The second-order valence-electron chi connectivity index (χ2n) is 6.18. The number of amides is 4. The van der Waals surface area contributed by atoms with E-state index in [9.17, 15) is 40.8 Å². The summed E-state index contributed by atoms with van der Waals surface area (Å²) in [5, 5.41) is 10.4. The molecule has 1 saturated heterocycles. The van der Waals surface area contributed by atoms with Gasteiger partial charge in [0.05, 0.1) is 6.04 Å². The summed E-state index contributed by atoms with van der Waals surface area (Å²) < 4.78 is 69.0. The molecule has 1 fully saturated rings. The first-order valence-electron chi connectivity index (χ1n) is 8.60. The van der Waals surface area contributed by atoms with E-state index in [4.69, 9.17) is 16.2 Å². The Morgan fingerprint density at radius 3 is 2.51 bits per heavy atom. The van der Waals surface area contributed by atoms with Gasteiger partial charge in [-0.25, -0.2) is 9.29 Å². The number of alkyl halides is 4. The summed E-state index contributed by atoms with van der Waals surface area (Å²) in [5.41, 5.74) is -0.712. The Kier molecular flexibility index (Phi) is 10.9. The summed E-state index contributed by atoms with van der Waals surface area (Å²) in [5.74, 6) is -6.00. The molecule has 1 aromatic heterocycles. The van der Waals surface area contributed by atoms with Gasteiger partial charge in [0.1, 0.15) is 24.7 Å². The fourth-order valence-corrected chi connectivity index (χ4v) is 4.21. The maximum absolute atomic E-state index is 12.7. The summed E-state index contributed by atoms with van der Waals surface area (Å²) in [6, 6.07) is -3.57. The molecular weight excluding hydrogens is 560 g/mol. The molecule has 2 rings (SSSR count). The molecule has 35 heavy (non-hydrogen) atoms. The molecule has 2 atom stereocenters.